The molecule has 1 saturated heterocycles. The number of carbonyl (C=O) groups excluding carboxylic acids is 1. The standard InChI is InChI=1S/C13H18N2O/c1-10-7-13(11(2)16)14-8-12(10)9-15-5-3-4-6-15/h7-8H,3-6,9H2,1-2H3. The summed E-state index contributed by atoms with van der Waals surface area (Å²) in [5.41, 5.74) is 2.99. The zero-order valence-corrected chi connectivity index (χ0v) is 9.99. The summed E-state index contributed by atoms with van der Waals surface area (Å²) in [5.74, 6) is 0.0378. The van der Waals surface area contributed by atoms with Crippen molar-refractivity contribution in [2.45, 2.75) is 33.2 Å². The predicted molar refractivity (Wildman–Crippen MR) is 63.5 cm³/mol. The van der Waals surface area contributed by atoms with E-state index < -0.39 is 0 Å². The fourth-order valence-electron chi connectivity index (χ4n) is 2.12. The first-order valence-electron chi connectivity index (χ1n) is 5.85. The van der Waals surface area contributed by atoms with Crippen LogP contribution in [0.15, 0.2) is 12.3 Å². The smallest absolute Gasteiger partial charge is 0.178 e. The molecule has 1 aliphatic heterocycles. The number of nitrogens with zero attached hydrogens (tertiary/aromatic N) is 2. The lowest BCUT2D eigenvalue weighted by Gasteiger charge is -2.16. The summed E-state index contributed by atoms with van der Waals surface area (Å²) in [7, 11) is 0. The number of ketones is 1. The number of aryl methyl sites for hydroxylation is 1. The van der Waals surface area contributed by atoms with Crippen LogP contribution >= 0.6 is 0 Å². The minimum Gasteiger partial charge on any atom is -0.299 e. The van der Waals surface area contributed by atoms with Gasteiger partial charge in [-0.3, -0.25) is 14.7 Å². The Morgan fingerprint density at radius 2 is 2.12 bits per heavy atom. The van der Waals surface area contributed by atoms with E-state index >= 15 is 0 Å². The van der Waals surface area contributed by atoms with Gasteiger partial charge in [-0.25, -0.2) is 0 Å². The number of hydrogen-bond acceptors (Lipinski definition) is 3. The van der Waals surface area contributed by atoms with Crippen LogP contribution in [0.2, 0.25) is 0 Å². The van der Waals surface area contributed by atoms with Crippen LogP contribution in [0.3, 0.4) is 0 Å². The third-order valence-electron chi connectivity index (χ3n) is 3.17. The van der Waals surface area contributed by atoms with E-state index in [1.54, 1.807) is 6.92 Å². The Bertz CT molecular complexity index is 395. The second kappa shape index (κ2) is 4.74. The molecule has 0 unspecified atom stereocenters. The summed E-state index contributed by atoms with van der Waals surface area (Å²) in [4.78, 5) is 17.8. The Morgan fingerprint density at radius 1 is 1.44 bits per heavy atom. The van der Waals surface area contributed by atoms with Crippen LogP contribution in [0.25, 0.3) is 0 Å². The SMILES string of the molecule is CC(=O)c1cc(C)c(CN2CCCC2)cn1. The van der Waals surface area contributed by atoms with E-state index in [9.17, 15) is 4.79 Å². The van der Waals surface area contributed by atoms with Crippen molar-refractivity contribution in [3.05, 3.63) is 29.1 Å². The lowest BCUT2D eigenvalue weighted by molar-refractivity contribution is 0.101. The van der Waals surface area contributed by atoms with Gasteiger partial charge in [0, 0.05) is 19.7 Å². The molecule has 0 atom stereocenters. The van der Waals surface area contributed by atoms with Crippen LogP contribution in [-0.4, -0.2) is 28.8 Å². The van der Waals surface area contributed by atoms with E-state index in [4.69, 9.17) is 0 Å². The van der Waals surface area contributed by atoms with Crippen molar-refractivity contribution < 1.29 is 4.79 Å². The second-order valence-corrected chi connectivity index (χ2v) is 4.54. The van der Waals surface area contributed by atoms with Crippen molar-refractivity contribution in [2.75, 3.05) is 13.1 Å². The van der Waals surface area contributed by atoms with Crippen molar-refractivity contribution in [3.63, 3.8) is 0 Å². The normalized spacial score (nSPS) is 16.6. The number of Topliss-reactive ketones (excluding diaryl/α,β-unsaturated/α-hetero) is 1. The van der Waals surface area contributed by atoms with E-state index in [1.807, 2.05) is 12.3 Å². The molecule has 3 nitrogen and oxygen atoms in total. The third kappa shape index (κ3) is 2.47. The van der Waals surface area contributed by atoms with Gasteiger partial charge in [-0.15, -0.1) is 0 Å². The molecule has 2 rings (SSSR count). The molecular formula is C13H18N2O. The summed E-state index contributed by atoms with van der Waals surface area (Å²) in [6, 6.07) is 1.90. The number of hydrogen-bond donors (Lipinski definition) is 0. The van der Waals surface area contributed by atoms with Gasteiger partial charge in [0.15, 0.2) is 5.78 Å². The number of rotatable bonds is 3. The molecule has 1 aromatic heterocycles. The Labute approximate surface area is 96.5 Å². The zero-order valence-electron chi connectivity index (χ0n) is 9.99. The molecule has 0 N–H and O–H groups in total. The molecular weight excluding hydrogens is 200 g/mol. The lowest BCUT2D eigenvalue weighted by Crippen LogP contribution is -2.19. The minimum atomic E-state index is 0.0378. The summed E-state index contributed by atoms with van der Waals surface area (Å²) < 4.78 is 0. The molecule has 2 heterocycles. The van der Waals surface area contributed by atoms with Gasteiger partial charge in [0.05, 0.1) is 0 Å². The molecule has 0 bridgehead atoms. The van der Waals surface area contributed by atoms with Gasteiger partial charge >= 0.3 is 0 Å². The monoisotopic (exact) mass is 218 g/mol. The number of aromatic nitrogens is 1. The Balaban J connectivity index is 2.12. The maximum absolute atomic E-state index is 11.2. The fraction of sp³-hybridized carbons (Fsp3) is 0.538. The van der Waals surface area contributed by atoms with Crippen molar-refractivity contribution >= 4 is 5.78 Å². The molecule has 1 aromatic rings. The maximum atomic E-state index is 11.2. The Hall–Kier alpha value is -1.22. The van der Waals surface area contributed by atoms with E-state index in [-0.39, 0.29) is 5.78 Å². The summed E-state index contributed by atoms with van der Waals surface area (Å²) in [5, 5.41) is 0. The maximum Gasteiger partial charge on any atom is 0.178 e. The predicted octanol–water partition coefficient (Wildman–Crippen LogP) is 2.19. The highest BCUT2D eigenvalue weighted by Gasteiger charge is 2.13. The van der Waals surface area contributed by atoms with E-state index in [0.717, 1.165) is 6.54 Å². The quantitative estimate of drug-likeness (QED) is 0.729. The van der Waals surface area contributed by atoms with Gasteiger partial charge < -0.3 is 0 Å². The first kappa shape index (κ1) is 11.3. The lowest BCUT2D eigenvalue weighted by atomic mass is 10.1. The largest absolute Gasteiger partial charge is 0.299 e. The molecule has 0 aromatic carbocycles. The molecule has 0 spiro atoms. The first-order valence-corrected chi connectivity index (χ1v) is 5.85. The van der Waals surface area contributed by atoms with Gasteiger partial charge in [-0.1, -0.05) is 0 Å². The van der Waals surface area contributed by atoms with Gasteiger partial charge in [-0.05, 0) is 50.0 Å². The molecule has 1 aliphatic rings. The highest BCUT2D eigenvalue weighted by molar-refractivity contribution is 5.92. The third-order valence-corrected chi connectivity index (χ3v) is 3.17. The molecule has 0 radical (unpaired) electrons. The molecule has 0 amide bonds. The van der Waals surface area contributed by atoms with E-state index in [2.05, 4.69) is 16.8 Å². The number of carbonyl (C=O) groups is 1. The van der Waals surface area contributed by atoms with Crippen LogP contribution in [0.5, 0.6) is 0 Å². The average Bonchev–Trinajstić information content (AvgIpc) is 2.73. The Kier molecular flexibility index (Phi) is 3.34. The molecule has 3 heteroatoms. The van der Waals surface area contributed by atoms with E-state index in [0.29, 0.717) is 5.69 Å². The van der Waals surface area contributed by atoms with Gasteiger partial charge in [0.1, 0.15) is 5.69 Å². The summed E-state index contributed by atoms with van der Waals surface area (Å²) in [6.45, 7) is 6.96. The van der Waals surface area contributed by atoms with Crippen molar-refractivity contribution in [1.29, 1.82) is 0 Å². The molecule has 0 saturated carbocycles. The van der Waals surface area contributed by atoms with Crippen LogP contribution in [0.4, 0.5) is 0 Å². The van der Waals surface area contributed by atoms with E-state index in [1.165, 1.54) is 37.1 Å². The van der Waals surface area contributed by atoms with Gasteiger partial charge in [0.2, 0.25) is 0 Å². The topological polar surface area (TPSA) is 33.2 Å². The number of pyridine rings is 1. The molecule has 86 valence electrons. The van der Waals surface area contributed by atoms with Crippen molar-refractivity contribution in [1.82, 2.24) is 9.88 Å². The van der Waals surface area contributed by atoms with Crippen molar-refractivity contribution in [3.8, 4) is 0 Å². The van der Waals surface area contributed by atoms with Crippen LogP contribution in [0.1, 0.15) is 41.4 Å². The van der Waals surface area contributed by atoms with Crippen molar-refractivity contribution in [2.24, 2.45) is 0 Å². The Morgan fingerprint density at radius 3 is 2.69 bits per heavy atom. The zero-order chi connectivity index (χ0) is 11.5. The second-order valence-electron chi connectivity index (χ2n) is 4.54. The van der Waals surface area contributed by atoms with Crippen LogP contribution in [-0.2, 0) is 6.54 Å². The van der Waals surface area contributed by atoms with Gasteiger partial charge in [-0.2, -0.15) is 0 Å². The highest BCUT2D eigenvalue weighted by Crippen LogP contribution is 2.15. The number of likely N-dealkylation sites (tertiary alicyclic amines) is 1. The molecule has 0 aliphatic carbocycles. The first-order chi connectivity index (χ1) is 7.66. The highest BCUT2D eigenvalue weighted by atomic mass is 16.1. The van der Waals surface area contributed by atoms with Crippen LogP contribution < -0.4 is 0 Å². The molecule has 1 fully saturated rings. The minimum absolute atomic E-state index is 0.0378. The summed E-state index contributed by atoms with van der Waals surface area (Å²) in [6.07, 6.45) is 4.46. The fourth-order valence-corrected chi connectivity index (χ4v) is 2.12. The average molecular weight is 218 g/mol. The van der Waals surface area contributed by atoms with Gasteiger partial charge in [0.25, 0.3) is 0 Å². The molecule has 16 heavy (non-hydrogen) atoms. The van der Waals surface area contributed by atoms with Crippen LogP contribution in [0, 0.1) is 6.92 Å². The summed E-state index contributed by atoms with van der Waals surface area (Å²) >= 11 is 0.